The van der Waals surface area contributed by atoms with Crippen LogP contribution in [0, 0.1) is 0 Å². The SMILES string of the molecule is CNC(c1c(Br)cnn1C(C)C)C1CN(C)CCO1. The molecule has 0 aromatic carbocycles. The number of nitrogens with one attached hydrogen (secondary N) is 1. The quantitative estimate of drug-likeness (QED) is 0.914. The van der Waals surface area contributed by atoms with E-state index in [2.05, 4.69) is 56.8 Å². The van der Waals surface area contributed by atoms with E-state index < -0.39 is 0 Å². The van der Waals surface area contributed by atoms with E-state index in [0.29, 0.717) is 6.04 Å². The molecule has 0 bridgehead atoms. The van der Waals surface area contributed by atoms with E-state index in [-0.39, 0.29) is 12.1 Å². The number of hydrogen-bond acceptors (Lipinski definition) is 4. The lowest BCUT2D eigenvalue weighted by atomic mass is 10.1. The Morgan fingerprint density at radius 3 is 2.84 bits per heavy atom. The highest BCUT2D eigenvalue weighted by Gasteiger charge is 2.31. The number of ether oxygens (including phenoxy) is 1. The molecule has 6 heteroatoms. The summed E-state index contributed by atoms with van der Waals surface area (Å²) >= 11 is 3.62. The average Bonchev–Trinajstić information content (AvgIpc) is 2.73. The topological polar surface area (TPSA) is 42.3 Å². The predicted octanol–water partition coefficient (Wildman–Crippen LogP) is 1.82. The number of aromatic nitrogens is 2. The van der Waals surface area contributed by atoms with Gasteiger partial charge in [-0.05, 0) is 43.9 Å². The molecule has 2 atom stereocenters. The summed E-state index contributed by atoms with van der Waals surface area (Å²) in [6, 6.07) is 0.473. The summed E-state index contributed by atoms with van der Waals surface area (Å²) in [5, 5.41) is 7.85. The van der Waals surface area contributed by atoms with Crippen LogP contribution in [-0.4, -0.2) is 54.6 Å². The molecule has 2 heterocycles. The molecule has 2 unspecified atom stereocenters. The third-order valence-electron chi connectivity index (χ3n) is 3.55. The maximum atomic E-state index is 5.95. The smallest absolute Gasteiger partial charge is 0.0912 e. The van der Waals surface area contributed by atoms with Crippen LogP contribution in [0.3, 0.4) is 0 Å². The summed E-state index contributed by atoms with van der Waals surface area (Å²) in [6.45, 7) is 7.00. The molecule has 0 saturated carbocycles. The minimum atomic E-state index is 0.141. The van der Waals surface area contributed by atoms with E-state index >= 15 is 0 Å². The Labute approximate surface area is 123 Å². The molecule has 1 aliphatic heterocycles. The standard InChI is InChI=1S/C13H23BrN4O/c1-9(2)18-13(10(14)7-16-18)12(15-3)11-8-17(4)5-6-19-11/h7,9,11-12,15H,5-6,8H2,1-4H3. The van der Waals surface area contributed by atoms with Crippen LogP contribution in [0.5, 0.6) is 0 Å². The van der Waals surface area contributed by atoms with Gasteiger partial charge in [0.2, 0.25) is 0 Å². The summed E-state index contributed by atoms with van der Waals surface area (Å²) in [7, 11) is 4.11. The molecule has 108 valence electrons. The largest absolute Gasteiger partial charge is 0.374 e. The van der Waals surface area contributed by atoms with Crippen molar-refractivity contribution >= 4 is 15.9 Å². The zero-order valence-corrected chi connectivity index (χ0v) is 13.6. The van der Waals surface area contributed by atoms with Gasteiger partial charge in [0.1, 0.15) is 0 Å². The molecule has 1 aromatic rings. The van der Waals surface area contributed by atoms with Crippen LogP contribution in [0.2, 0.25) is 0 Å². The van der Waals surface area contributed by atoms with Gasteiger partial charge in [0, 0.05) is 19.1 Å². The second-order valence-electron chi connectivity index (χ2n) is 5.35. The fraction of sp³-hybridized carbons (Fsp3) is 0.769. The van der Waals surface area contributed by atoms with Crippen molar-refractivity contribution in [2.24, 2.45) is 0 Å². The van der Waals surface area contributed by atoms with E-state index in [9.17, 15) is 0 Å². The van der Waals surface area contributed by atoms with Gasteiger partial charge in [-0.3, -0.25) is 4.68 Å². The Morgan fingerprint density at radius 2 is 2.26 bits per heavy atom. The zero-order valence-electron chi connectivity index (χ0n) is 12.1. The van der Waals surface area contributed by atoms with Gasteiger partial charge in [0.15, 0.2) is 0 Å². The first-order valence-corrected chi connectivity index (χ1v) is 7.54. The number of halogens is 1. The number of morpholine rings is 1. The van der Waals surface area contributed by atoms with E-state index in [1.54, 1.807) is 0 Å². The Balaban J connectivity index is 2.28. The van der Waals surface area contributed by atoms with Crippen molar-refractivity contribution in [3.05, 3.63) is 16.4 Å². The van der Waals surface area contributed by atoms with Gasteiger partial charge in [-0.25, -0.2) is 0 Å². The van der Waals surface area contributed by atoms with Gasteiger partial charge in [-0.1, -0.05) is 0 Å². The highest BCUT2D eigenvalue weighted by atomic mass is 79.9. The van der Waals surface area contributed by atoms with Crippen LogP contribution in [0.1, 0.15) is 31.6 Å². The highest BCUT2D eigenvalue weighted by molar-refractivity contribution is 9.10. The molecule has 1 N–H and O–H groups in total. The molecule has 0 amide bonds. The van der Waals surface area contributed by atoms with Gasteiger partial charge < -0.3 is 15.0 Å². The number of nitrogens with zero attached hydrogens (tertiary/aromatic N) is 3. The summed E-state index contributed by atoms with van der Waals surface area (Å²) in [6.07, 6.45) is 2.01. The number of likely N-dealkylation sites (N-methyl/N-ethyl adjacent to an activating group) is 2. The van der Waals surface area contributed by atoms with Crippen LogP contribution in [0.25, 0.3) is 0 Å². The Kier molecular flexibility index (Phi) is 5.00. The van der Waals surface area contributed by atoms with Crippen molar-refractivity contribution in [2.45, 2.75) is 32.0 Å². The van der Waals surface area contributed by atoms with Gasteiger partial charge in [0.05, 0.1) is 35.1 Å². The van der Waals surface area contributed by atoms with Crippen molar-refractivity contribution in [1.29, 1.82) is 0 Å². The normalized spacial score (nSPS) is 22.9. The van der Waals surface area contributed by atoms with E-state index in [1.165, 1.54) is 0 Å². The van der Waals surface area contributed by atoms with Crippen molar-refractivity contribution in [3.63, 3.8) is 0 Å². The maximum Gasteiger partial charge on any atom is 0.0912 e. The second-order valence-corrected chi connectivity index (χ2v) is 6.21. The maximum absolute atomic E-state index is 5.95. The van der Waals surface area contributed by atoms with Gasteiger partial charge >= 0.3 is 0 Å². The van der Waals surface area contributed by atoms with E-state index in [4.69, 9.17) is 4.74 Å². The summed E-state index contributed by atoms with van der Waals surface area (Å²) in [5.74, 6) is 0. The van der Waals surface area contributed by atoms with Crippen molar-refractivity contribution in [3.8, 4) is 0 Å². The molecule has 5 nitrogen and oxygen atoms in total. The fourth-order valence-electron chi connectivity index (χ4n) is 2.56. The summed E-state index contributed by atoms with van der Waals surface area (Å²) in [5.41, 5.74) is 1.16. The molecule has 0 aliphatic carbocycles. The van der Waals surface area contributed by atoms with Crippen LogP contribution in [-0.2, 0) is 4.74 Å². The Morgan fingerprint density at radius 1 is 1.53 bits per heavy atom. The first-order chi connectivity index (χ1) is 9.04. The molecule has 19 heavy (non-hydrogen) atoms. The average molecular weight is 331 g/mol. The zero-order chi connectivity index (χ0) is 14.0. The Hall–Kier alpha value is -0.430. The van der Waals surface area contributed by atoms with Crippen LogP contribution < -0.4 is 5.32 Å². The van der Waals surface area contributed by atoms with Crippen LogP contribution in [0.15, 0.2) is 10.7 Å². The van der Waals surface area contributed by atoms with Crippen LogP contribution in [0.4, 0.5) is 0 Å². The minimum absolute atomic E-state index is 0.141. The highest BCUT2D eigenvalue weighted by Crippen LogP contribution is 2.30. The second kappa shape index (κ2) is 6.35. The summed E-state index contributed by atoms with van der Waals surface area (Å²) in [4.78, 5) is 2.31. The third kappa shape index (κ3) is 3.18. The van der Waals surface area contributed by atoms with Crippen molar-refractivity contribution in [1.82, 2.24) is 20.0 Å². The van der Waals surface area contributed by atoms with Crippen LogP contribution >= 0.6 is 15.9 Å². The number of hydrogen-bond donors (Lipinski definition) is 1. The van der Waals surface area contributed by atoms with Gasteiger partial charge in [-0.15, -0.1) is 0 Å². The predicted molar refractivity (Wildman–Crippen MR) is 79.3 cm³/mol. The molecule has 0 radical (unpaired) electrons. The van der Waals surface area contributed by atoms with E-state index in [1.807, 2.05) is 13.2 Å². The molecular weight excluding hydrogens is 308 g/mol. The lowest BCUT2D eigenvalue weighted by Crippen LogP contribution is -2.46. The first-order valence-electron chi connectivity index (χ1n) is 6.75. The lowest BCUT2D eigenvalue weighted by Gasteiger charge is -2.35. The van der Waals surface area contributed by atoms with Crippen molar-refractivity contribution in [2.75, 3.05) is 33.8 Å². The molecule has 0 spiro atoms. The lowest BCUT2D eigenvalue weighted by molar-refractivity contribution is -0.0397. The molecule has 2 rings (SSSR count). The molecular formula is C13H23BrN4O. The van der Waals surface area contributed by atoms with Crippen molar-refractivity contribution < 1.29 is 4.74 Å². The number of rotatable bonds is 4. The van der Waals surface area contributed by atoms with E-state index in [0.717, 1.165) is 29.9 Å². The fourth-order valence-corrected chi connectivity index (χ4v) is 3.08. The molecule has 1 saturated heterocycles. The monoisotopic (exact) mass is 330 g/mol. The summed E-state index contributed by atoms with van der Waals surface area (Å²) < 4.78 is 9.05. The van der Waals surface area contributed by atoms with Gasteiger partial charge in [0.25, 0.3) is 0 Å². The Bertz CT molecular complexity index is 421. The third-order valence-corrected chi connectivity index (χ3v) is 4.16. The molecule has 1 aromatic heterocycles. The van der Waals surface area contributed by atoms with Gasteiger partial charge in [-0.2, -0.15) is 5.10 Å². The molecule has 1 fully saturated rings. The molecule has 1 aliphatic rings. The first kappa shape index (κ1) is 15.0. The minimum Gasteiger partial charge on any atom is -0.374 e.